The van der Waals surface area contributed by atoms with Crippen LogP contribution in [0.3, 0.4) is 0 Å². The summed E-state index contributed by atoms with van der Waals surface area (Å²) in [6.07, 6.45) is 2.79. The largest absolute Gasteiger partial charge is 0.312 e. The van der Waals surface area contributed by atoms with Gasteiger partial charge in [-0.15, -0.1) is 0 Å². The van der Waals surface area contributed by atoms with E-state index in [1.807, 2.05) is 23.1 Å². The molecule has 0 radical (unpaired) electrons. The molecule has 2 nitrogen and oxygen atoms in total. The van der Waals surface area contributed by atoms with Crippen LogP contribution in [0.25, 0.3) is 0 Å². The van der Waals surface area contributed by atoms with Crippen molar-refractivity contribution in [2.24, 2.45) is 0 Å². The molecule has 0 aromatic heterocycles. The van der Waals surface area contributed by atoms with E-state index in [0.717, 1.165) is 34.0 Å². The minimum Gasteiger partial charge on any atom is -0.312 e. The number of halogens is 2. The number of nitrogens with zero attached hydrogens (tertiary/aromatic N) is 1. The van der Waals surface area contributed by atoms with Gasteiger partial charge in [-0.2, -0.15) is 0 Å². The van der Waals surface area contributed by atoms with Gasteiger partial charge in [0.25, 0.3) is 0 Å². The van der Waals surface area contributed by atoms with Crippen LogP contribution in [0, 0.1) is 0 Å². The molecule has 0 atom stereocenters. The molecule has 1 heterocycles. The third-order valence-corrected chi connectivity index (χ3v) is 4.42. The van der Waals surface area contributed by atoms with E-state index in [-0.39, 0.29) is 5.91 Å². The van der Waals surface area contributed by atoms with Gasteiger partial charge in [0, 0.05) is 27.6 Å². The molecule has 0 bridgehead atoms. The number of benzene rings is 1. The van der Waals surface area contributed by atoms with Gasteiger partial charge in [0.15, 0.2) is 0 Å². The molecule has 0 aliphatic carbocycles. The number of hydrogen-bond donors (Lipinski definition) is 0. The molecule has 1 amide bonds. The number of hydrogen-bond acceptors (Lipinski definition) is 1. The Balaban J connectivity index is 2.28. The predicted molar refractivity (Wildman–Crippen MR) is 68.0 cm³/mol. The van der Waals surface area contributed by atoms with Crippen LogP contribution in [0.5, 0.6) is 0 Å². The van der Waals surface area contributed by atoms with Crippen molar-refractivity contribution < 1.29 is 4.79 Å². The highest BCUT2D eigenvalue weighted by Crippen LogP contribution is 2.29. The highest BCUT2D eigenvalue weighted by molar-refractivity contribution is 9.13. The van der Waals surface area contributed by atoms with E-state index in [1.54, 1.807) is 0 Å². The standard InChI is InChI=1S/C11H11Br2NO/c12-9-5-4-8(7-10(9)13)14-6-2-1-3-11(14)15/h4-5,7H,1-3,6H2. The lowest BCUT2D eigenvalue weighted by Gasteiger charge is -2.27. The van der Waals surface area contributed by atoms with Gasteiger partial charge >= 0.3 is 0 Å². The first-order valence-corrected chi connectivity index (χ1v) is 6.52. The summed E-state index contributed by atoms with van der Waals surface area (Å²) >= 11 is 6.87. The fraction of sp³-hybridized carbons (Fsp3) is 0.364. The molecule has 0 unspecified atom stereocenters. The molecule has 1 fully saturated rings. The van der Waals surface area contributed by atoms with E-state index < -0.39 is 0 Å². The molecule has 2 rings (SSSR count). The Labute approximate surface area is 106 Å². The second kappa shape index (κ2) is 4.66. The third kappa shape index (κ3) is 2.42. The van der Waals surface area contributed by atoms with Crippen molar-refractivity contribution in [2.75, 3.05) is 11.4 Å². The topological polar surface area (TPSA) is 20.3 Å². The van der Waals surface area contributed by atoms with Crippen molar-refractivity contribution in [3.05, 3.63) is 27.1 Å². The molecule has 1 saturated heterocycles. The monoisotopic (exact) mass is 331 g/mol. The van der Waals surface area contributed by atoms with Crippen molar-refractivity contribution in [3.63, 3.8) is 0 Å². The first kappa shape index (κ1) is 11.1. The van der Waals surface area contributed by atoms with Crippen LogP contribution in [-0.2, 0) is 4.79 Å². The van der Waals surface area contributed by atoms with Crippen molar-refractivity contribution in [1.29, 1.82) is 0 Å². The summed E-state index contributed by atoms with van der Waals surface area (Å²) in [6.45, 7) is 0.840. The lowest BCUT2D eigenvalue weighted by molar-refractivity contribution is -0.119. The minimum absolute atomic E-state index is 0.232. The molecule has 80 valence electrons. The van der Waals surface area contributed by atoms with E-state index in [2.05, 4.69) is 31.9 Å². The van der Waals surface area contributed by atoms with E-state index in [1.165, 1.54) is 0 Å². The lowest BCUT2D eigenvalue weighted by atomic mass is 10.1. The molecule has 0 spiro atoms. The first-order chi connectivity index (χ1) is 7.18. The molecule has 1 aliphatic rings. The summed E-state index contributed by atoms with van der Waals surface area (Å²) in [5.74, 6) is 0.232. The van der Waals surface area contributed by atoms with E-state index >= 15 is 0 Å². The average molecular weight is 333 g/mol. The van der Waals surface area contributed by atoms with Crippen LogP contribution in [0.1, 0.15) is 19.3 Å². The molecule has 0 N–H and O–H groups in total. The van der Waals surface area contributed by atoms with Crippen LogP contribution in [-0.4, -0.2) is 12.5 Å². The Morgan fingerprint density at radius 1 is 1.13 bits per heavy atom. The zero-order chi connectivity index (χ0) is 10.8. The predicted octanol–water partition coefficient (Wildman–Crippen LogP) is 3.73. The highest BCUT2D eigenvalue weighted by atomic mass is 79.9. The van der Waals surface area contributed by atoms with Gasteiger partial charge < -0.3 is 4.90 Å². The van der Waals surface area contributed by atoms with Gasteiger partial charge in [-0.3, -0.25) is 4.79 Å². The summed E-state index contributed by atoms with van der Waals surface area (Å²) in [7, 11) is 0. The van der Waals surface area contributed by atoms with Crippen LogP contribution in [0.4, 0.5) is 5.69 Å². The number of carbonyl (C=O) groups is 1. The molecule has 1 aliphatic heterocycles. The maximum absolute atomic E-state index is 11.7. The highest BCUT2D eigenvalue weighted by Gasteiger charge is 2.19. The smallest absolute Gasteiger partial charge is 0.226 e. The van der Waals surface area contributed by atoms with E-state index in [9.17, 15) is 4.79 Å². The van der Waals surface area contributed by atoms with Gasteiger partial charge in [0.2, 0.25) is 5.91 Å². The third-order valence-electron chi connectivity index (χ3n) is 2.54. The fourth-order valence-electron chi connectivity index (χ4n) is 1.73. The normalized spacial score (nSPS) is 16.9. The molecular weight excluding hydrogens is 322 g/mol. The number of carbonyl (C=O) groups excluding carboxylic acids is 1. The Morgan fingerprint density at radius 3 is 2.60 bits per heavy atom. The van der Waals surface area contributed by atoms with Gasteiger partial charge in [0.1, 0.15) is 0 Å². The van der Waals surface area contributed by atoms with Crippen molar-refractivity contribution in [1.82, 2.24) is 0 Å². The maximum Gasteiger partial charge on any atom is 0.226 e. The SMILES string of the molecule is O=C1CCCCN1c1ccc(Br)c(Br)c1. The number of piperidine rings is 1. The Kier molecular flexibility index (Phi) is 3.46. The first-order valence-electron chi connectivity index (χ1n) is 4.94. The number of rotatable bonds is 1. The average Bonchev–Trinajstić information content (AvgIpc) is 2.23. The van der Waals surface area contributed by atoms with Crippen LogP contribution in [0.15, 0.2) is 27.1 Å². The Morgan fingerprint density at radius 2 is 1.93 bits per heavy atom. The second-order valence-electron chi connectivity index (χ2n) is 3.60. The molecule has 15 heavy (non-hydrogen) atoms. The minimum atomic E-state index is 0.232. The molecule has 1 aromatic rings. The zero-order valence-corrected chi connectivity index (χ0v) is 11.3. The summed E-state index contributed by atoms with van der Waals surface area (Å²) in [5.41, 5.74) is 0.981. The van der Waals surface area contributed by atoms with E-state index in [0.29, 0.717) is 6.42 Å². The quantitative estimate of drug-likeness (QED) is 0.767. The zero-order valence-electron chi connectivity index (χ0n) is 8.17. The summed E-state index contributed by atoms with van der Waals surface area (Å²) in [5, 5.41) is 0. The Bertz CT molecular complexity index is 392. The van der Waals surface area contributed by atoms with Crippen molar-refractivity contribution in [3.8, 4) is 0 Å². The number of anilines is 1. The van der Waals surface area contributed by atoms with Crippen LogP contribution < -0.4 is 4.90 Å². The fourth-order valence-corrected chi connectivity index (χ4v) is 2.35. The number of amides is 1. The van der Waals surface area contributed by atoms with Gasteiger partial charge in [-0.1, -0.05) is 0 Å². The van der Waals surface area contributed by atoms with Gasteiger partial charge in [-0.05, 0) is 62.9 Å². The molecular formula is C11H11Br2NO. The van der Waals surface area contributed by atoms with Crippen LogP contribution >= 0.6 is 31.9 Å². The maximum atomic E-state index is 11.7. The molecule has 4 heteroatoms. The van der Waals surface area contributed by atoms with Crippen molar-refractivity contribution >= 4 is 43.5 Å². The lowest BCUT2D eigenvalue weighted by Crippen LogP contribution is -2.35. The van der Waals surface area contributed by atoms with Gasteiger partial charge in [-0.25, -0.2) is 0 Å². The van der Waals surface area contributed by atoms with Crippen molar-refractivity contribution in [2.45, 2.75) is 19.3 Å². The van der Waals surface area contributed by atoms with E-state index in [4.69, 9.17) is 0 Å². The molecule has 1 aromatic carbocycles. The summed E-state index contributed by atoms with van der Waals surface area (Å²) < 4.78 is 1.99. The van der Waals surface area contributed by atoms with Crippen LogP contribution in [0.2, 0.25) is 0 Å². The summed E-state index contributed by atoms with van der Waals surface area (Å²) in [6, 6.07) is 5.91. The second-order valence-corrected chi connectivity index (χ2v) is 5.31. The molecule has 0 saturated carbocycles. The van der Waals surface area contributed by atoms with Gasteiger partial charge in [0.05, 0.1) is 0 Å². The Hall–Kier alpha value is -0.350. The summed E-state index contributed by atoms with van der Waals surface area (Å²) in [4.78, 5) is 13.6.